The van der Waals surface area contributed by atoms with Crippen LogP contribution in [0.2, 0.25) is 0 Å². The van der Waals surface area contributed by atoms with Gasteiger partial charge >= 0.3 is 0 Å². The van der Waals surface area contributed by atoms with Crippen molar-refractivity contribution in [1.82, 2.24) is 0 Å². The van der Waals surface area contributed by atoms with Crippen molar-refractivity contribution in [3.63, 3.8) is 0 Å². The fourth-order valence-corrected chi connectivity index (χ4v) is 0.784. The molecule has 70 valence electrons. The van der Waals surface area contributed by atoms with Crippen LogP contribution in [-0.4, -0.2) is 29.6 Å². The van der Waals surface area contributed by atoms with E-state index in [2.05, 4.69) is 9.99 Å². The molecule has 0 radical (unpaired) electrons. The minimum atomic E-state index is -0.0713. The Balaban J connectivity index is 2.53. The molecule has 0 amide bonds. The molecule has 0 bridgehead atoms. The Morgan fingerprint density at radius 1 is 1.38 bits per heavy atom. The molecule has 4 nitrogen and oxygen atoms in total. The highest BCUT2D eigenvalue weighted by Crippen LogP contribution is 2.12. The van der Waals surface area contributed by atoms with Crippen LogP contribution >= 0.6 is 0 Å². The summed E-state index contributed by atoms with van der Waals surface area (Å²) in [5, 5.41) is 21.2. The molecule has 1 aromatic rings. The molecule has 0 fully saturated rings. The number of benzene rings is 1. The molecule has 0 aromatic heterocycles. The Morgan fingerprint density at radius 3 is 2.85 bits per heavy atom. The summed E-state index contributed by atoms with van der Waals surface area (Å²) in [7, 11) is 0. The molecule has 0 heterocycles. The van der Waals surface area contributed by atoms with Gasteiger partial charge in [-0.25, -0.2) is 0 Å². The van der Waals surface area contributed by atoms with E-state index in [0.29, 0.717) is 5.56 Å². The van der Waals surface area contributed by atoms with E-state index in [9.17, 15) is 5.11 Å². The van der Waals surface area contributed by atoms with Gasteiger partial charge in [0.1, 0.15) is 12.4 Å². The van der Waals surface area contributed by atoms with Gasteiger partial charge in [-0.2, -0.15) is 0 Å². The summed E-state index contributed by atoms with van der Waals surface area (Å²) in [5.74, 6) is 0.152. The van der Waals surface area contributed by atoms with Crippen LogP contribution in [0, 0.1) is 0 Å². The van der Waals surface area contributed by atoms with Gasteiger partial charge in [0.15, 0.2) is 0 Å². The Bertz CT molecular complexity index is 286. The first-order chi connectivity index (χ1) is 6.34. The van der Waals surface area contributed by atoms with Crippen molar-refractivity contribution in [3.05, 3.63) is 29.8 Å². The lowest BCUT2D eigenvalue weighted by molar-refractivity contribution is 0.0997. The number of phenols is 1. The van der Waals surface area contributed by atoms with E-state index in [-0.39, 0.29) is 19.0 Å². The predicted molar refractivity (Wildman–Crippen MR) is 48.7 cm³/mol. The molecule has 0 aliphatic heterocycles. The third-order valence-electron chi connectivity index (χ3n) is 1.39. The quantitative estimate of drug-likeness (QED) is 0.409. The lowest BCUT2D eigenvalue weighted by atomic mass is 10.2. The van der Waals surface area contributed by atoms with Gasteiger partial charge in [0.25, 0.3) is 0 Å². The second kappa shape index (κ2) is 5.16. The van der Waals surface area contributed by atoms with Crippen LogP contribution in [0.15, 0.2) is 29.4 Å². The number of rotatable bonds is 4. The number of para-hydroxylation sites is 1. The molecule has 0 saturated heterocycles. The lowest BCUT2D eigenvalue weighted by Gasteiger charge is -1.96. The highest BCUT2D eigenvalue weighted by atomic mass is 16.6. The Labute approximate surface area is 76.1 Å². The number of hydrogen-bond donors (Lipinski definition) is 2. The number of phenolic OH excluding ortho intramolecular Hbond substituents is 1. The number of nitrogens with zero attached hydrogens (tertiary/aromatic N) is 1. The maximum atomic E-state index is 9.27. The van der Waals surface area contributed by atoms with Gasteiger partial charge < -0.3 is 15.1 Å². The molecule has 0 spiro atoms. The number of aliphatic hydroxyl groups excluding tert-OH is 1. The highest BCUT2D eigenvalue weighted by molar-refractivity contribution is 5.82. The van der Waals surface area contributed by atoms with Crippen molar-refractivity contribution in [2.24, 2.45) is 5.16 Å². The van der Waals surface area contributed by atoms with Crippen molar-refractivity contribution in [3.8, 4) is 5.75 Å². The molecule has 4 heteroatoms. The monoisotopic (exact) mass is 181 g/mol. The molecule has 1 rings (SSSR count). The number of aliphatic hydroxyl groups is 1. The van der Waals surface area contributed by atoms with E-state index in [1.165, 1.54) is 6.21 Å². The summed E-state index contributed by atoms with van der Waals surface area (Å²) >= 11 is 0. The van der Waals surface area contributed by atoms with Crippen LogP contribution in [0.5, 0.6) is 5.75 Å². The number of aromatic hydroxyl groups is 1. The van der Waals surface area contributed by atoms with E-state index in [1.54, 1.807) is 24.3 Å². The minimum Gasteiger partial charge on any atom is -0.507 e. The van der Waals surface area contributed by atoms with E-state index < -0.39 is 0 Å². The summed E-state index contributed by atoms with van der Waals surface area (Å²) in [6.07, 6.45) is 1.39. The molecule has 2 N–H and O–H groups in total. The third-order valence-corrected chi connectivity index (χ3v) is 1.39. The zero-order valence-corrected chi connectivity index (χ0v) is 7.05. The van der Waals surface area contributed by atoms with Crippen LogP contribution < -0.4 is 0 Å². The summed E-state index contributed by atoms with van der Waals surface area (Å²) in [5.41, 5.74) is 0.584. The van der Waals surface area contributed by atoms with Crippen LogP contribution in [0.3, 0.4) is 0 Å². The summed E-state index contributed by atoms with van der Waals surface area (Å²) < 4.78 is 0. The van der Waals surface area contributed by atoms with E-state index in [4.69, 9.17) is 5.11 Å². The zero-order chi connectivity index (χ0) is 9.52. The van der Waals surface area contributed by atoms with Gasteiger partial charge in [-0.05, 0) is 12.1 Å². The first-order valence-corrected chi connectivity index (χ1v) is 3.89. The Hall–Kier alpha value is -1.55. The smallest absolute Gasteiger partial charge is 0.140 e. The first-order valence-electron chi connectivity index (χ1n) is 3.89. The molecule has 0 unspecified atom stereocenters. The van der Waals surface area contributed by atoms with Gasteiger partial charge in [0.2, 0.25) is 0 Å². The Kier molecular flexibility index (Phi) is 3.78. The summed E-state index contributed by atoms with van der Waals surface area (Å²) in [6, 6.07) is 6.78. The molecule has 0 aliphatic rings. The first kappa shape index (κ1) is 9.54. The molecule has 0 atom stereocenters. The number of hydrogen-bond acceptors (Lipinski definition) is 4. The fraction of sp³-hybridized carbons (Fsp3) is 0.222. The second-order valence-corrected chi connectivity index (χ2v) is 2.35. The van der Waals surface area contributed by atoms with Crippen LogP contribution in [0.1, 0.15) is 5.56 Å². The summed E-state index contributed by atoms with van der Waals surface area (Å²) in [4.78, 5) is 4.65. The average molecular weight is 181 g/mol. The molecule has 0 saturated carbocycles. The predicted octanol–water partition coefficient (Wildman–Crippen LogP) is 0.735. The van der Waals surface area contributed by atoms with E-state index >= 15 is 0 Å². The fourth-order valence-electron chi connectivity index (χ4n) is 0.784. The Morgan fingerprint density at radius 2 is 2.15 bits per heavy atom. The standard InChI is InChI=1S/C9H11NO3/c11-5-6-13-10-7-8-3-1-2-4-9(8)12/h1-4,7,11-12H,5-6H2. The van der Waals surface area contributed by atoms with Crippen LogP contribution in [0.25, 0.3) is 0 Å². The van der Waals surface area contributed by atoms with Gasteiger partial charge in [-0.3, -0.25) is 0 Å². The molecule has 1 aromatic carbocycles. The highest BCUT2D eigenvalue weighted by Gasteiger charge is 1.93. The SMILES string of the molecule is OCCON=Cc1ccccc1O. The van der Waals surface area contributed by atoms with Gasteiger partial charge in [-0.1, -0.05) is 17.3 Å². The topological polar surface area (TPSA) is 62.0 Å². The van der Waals surface area contributed by atoms with E-state index in [0.717, 1.165) is 0 Å². The normalized spacial score (nSPS) is 10.5. The lowest BCUT2D eigenvalue weighted by Crippen LogP contribution is -1.93. The van der Waals surface area contributed by atoms with Gasteiger partial charge in [0, 0.05) is 5.56 Å². The number of oxime groups is 1. The van der Waals surface area contributed by atoms with Gasteiger partial charge in [0.05, 0.1) is 12.8 Å². The van der Waals surface area contributed by atoms with Crippen molar-refractivity contribution in [2.45, 2.75) is 0 Å². The van der Waals surface area contributed by atoms with Crippen LogP contribution in [-0.2, 0) is 4.84 Å². The molecular weight excluding hydrogens is 170 g/mol. The largest absolute Gasteiger partial charge is 0.507 e. The van der Waals surface area contributed by atoms with Gasteiger partial charge in [-0.15, -0.1) is 0 Å². The van der Waals surface area contributed by atoms with Crippen molar-refractivity contribution in [2.75, 3.05) is 13.2 Å². The average Bonchev–Trinajstić information content (AvgIpc) is 2.15. The van der Waals surface area contributed by atoms with Crippen molar-refractivity contribution >= 4 is 6.21 Å². The molecular formula is C9H11NO3. The third kappa shape index (κ3) is 3.13. The van der Waals surface area contributed by atoms with Crippen molar-refractivity contribution in [1.29, 1.82) is 0 Å². The second-order valence-electron chi connectivity index (χ2n) is 2.35. The van der Waals surface area contributed by atoms with Crippen LogP contribution in [0.4, 0.5) is 0 Å². The van der Waals surface area contributed by atoms with Crippen molar-refractivity contribution < 1.29 is 15.1 Å². The minimum absolute atomic E-state index is 0.0713. The molecule has 13 heavy (non-hydrogen) atoms. The maximum Gasteiger partial charge on any atom is 0.140 e. The zero-order valence-electron chi connectivity index (χ0n) is 7.05. The maximum absolute atomic E-state index is 9.27. The van der Waals surface area contributed by atoms with E-state index in [1.807, 2.05) is 0 Å². The summed E-state index contributed by atoms with van der Waals surface area (Å²) in [6.45, 7) is 0.0855. The molecule has 0 aliphatic carbocycles.